The maximum atomic E-state index is 11.1. The lowest BCUT2D eigenvalue weighted by Gasteiger charge is -2.18. The van der Waals surface area contributed by atoms with Gasteiger partial charge in [-0.05, 0) is 29.7 Å². The zero-order valence-electron chi connectivity index (χ0n) is 8.70. The van der Waals surface area contributed by atoms with Gasteiger partial charge in [-0.3, -0.25) is 4.79 Å². The number of halogens is 1. The number of carboxylic acids is 1. The second kappa shape index (κ2) is 4.53. The van der Waals surface area contributed by atoms with Gasteiger partial charge >= 0.3 is 5.97 Å². The van der Waals surface area contributed by atoms with Gasteiger partial charge in [0.05, 0.1) is 5.92 Å². The smallest absolute Gasteiger partial charge is 0.311 e. The van der Waals surface area contributed by atoms with Crippen molar-refractivity contribution in [3.63, 3.8) is 0 Å². The highest BCUT2D eigenvalue weighted by atomic mass is 35.5. The molecule has 1 atom stereocenters. The summed E-state index contributed by atoms with van der Waals surface area (Å²) in [4.78, 5) is 11.1. The topological polar surface area (TPSA) is 63.3 Å². The van der Waals surface area contributed by atoms with Crippen LogP contribution in [0.5, 0.6) is 0 Å². The minimum atomic E-state index is -0.876. The van der Waals surface area contributed by atoms with Crippen LogP contribution in [0, 0.1) is 5.92 Å². The number of rotatable bonds is 3. The molecule has 15 heavy (non-hydrogen) atoms. The van der Waals surface area contributed by atoms with Gasteiger partial charge in [-0.2, -0.15) is 0 Å². The largest absolute Gasteiger partial charge is 0.481 e. The maximum Gasteiger partial charge on any atom is 0.311 e. The van der Waals surface area contributed by atoms with Crippen LogP contribution in [0.4, 0.5) is 5.69 Å². The molecule has 1 aromatic carbocycles. The summed E-state index contributed by atoms with van der Waals surface area (Å²) in [6.45, 7) is 3.69. The summed E-state index contributed by atoms with van der Waals surface area (Å²) in [5.41, 5.74) is 6.80. The zero-order valence-corrected chi connectivity index (χ0v) is 9.45. The number of benzene rings is 1. The Labute approximate surface area is 93.9 Å². The van der Waals surface area contributed by atoms with Crippen LogP contribution < -0.4 is 5.73 Å². The molecule has 0 bridgehead atoms. The first kappa shape index (κ1) is 11.9. The van der Waals surface area contributed by atoms with E-state index in [0.29, 0.717) is 16.3 Å². The van der Waals surface area contributed by atoms with Crippen LogP contribution >= 0.6 is 11.6 Å². The summed E-state index contributed by atoms with van der Waals surface area (Å²) in [5, 5.41) is 9.62. The van der Waals surface area contributed by atoms with Crippen molar-refractivity contribution < 1.29 is 9.90 Å². The predicted molar refractivity (Wildman–Crippen MR) is 61.1 cm³/mol. The third-order valence-corrected chi connectivity index (χ3v) is 2.55. The first-order chi connectivity index (χ1) is 6.93. The predicted octanol–water partition coefficient (Wildman–Crippen LogP) is 2.75. The molecular weight excluding hydrogens is 214 g/mol. The van der Waals surface area contributed by atoms with Gasteiger partial charge in [-0.1, -0.05) is 25.4 Å². The van der Waals surface area contributed by atoms with Crippen molar-refractivity contribution in [1.29, 1.82) is 0 Å². The molecule has 0 fully saturated rings. The standard InChI is InChI=1S/C11H14ClNO2/c1-6(2)10(11(14)15)8-5-7(12)3-4-9(8)13/h3-6,10H,13H2,1-2H3,(H,14,15). The second-order valence-electron chi connectivity index (χ2n) is 3.83. The number of anilines is 1. The highest BCUT2D eigenvalue weighted by molar-refractivity contribution is 6.30. The Balaban J connectivity index is 3.22. The van der Waals surface area contributed by atoms with Crippen molar-refractivity contribution in [2.24, 2.45) is 5.92 Å². The van der Waals surface area contributed by atoms with E-state index in [1.165, 1.54) is 0 Å². The number of nitrogens with two attached hydrogens (primary N) is 1. The Morgan fingerprint density at radius 3 is 2.53 bits per heavy atom. The van der Waals surface area contributed by atoms with Crippen molar-refractivity contribution in [1.82, 2.24) is 0 Å². The molecule has 1 unspecified atom stereocenters. The van der Waals surface area contributed by atoms with E-state index in [1.54, 1.807) is 18.2 Å². The number of carbonyl (C=O) groups is 1. The van der Waals surface area contributed by atoms with Gasteiger partial charge in [-0.15, -0.1) is 0 Å². The van der Waals surface area contributed by atoms with E-state index in [9.17, 15) is 4.79 Å². The molecule has 3 N–H and O–H groups in total. The van der Waals surface area contributed by atoms with E-state index >= 15 is 0 Å². The van der Waals surface area contributed by atoms with Crippen LogP contribution in [0.15, 0.2) is 18.2 Å². The summed E-state index contributed by atoms with van der Waals surface area (Å²) < 4.78 is 0. The Morgan fingerprint density at radius 1 is 1.47 bits per heavy atom. The number of nitrogen functional groups attached to an aromatic ring is 1. The molecule has 0 saturated carbocycles. The van der Waals surface area contributed by atoms with E-state index in [-0.39, 0.29) is 5.92 Å². The Kier molecular flexibility index (Phi) is 3.58. The van der Waals surface area contributed by atoms with Crippen molar-refractivity contribution >= 4 is 23.3 Å². The van der Waals surface area contributed by atoms with Crippen molar-refractivity contribution in [3.8, 4) is 0 Å². The average molecular weight is 228 g/mol. The molecule has 82 valence electrons. The van der Waals surface area contributed by atoms with E-state index in [1.807, 2.05) is 13.8 Å². The van der Waals surface area contributed by atoms with Gasteiger partial charge in [0.1, 0.15) is 0 Å². The number of hydrogen-bond donors (Lipinski definition) is 2. The Bertz CT molecular complexity index is 377. The fourth-order valence-corrected chi connectivity index (χ4v) is 1.77. The van der Waals surface area contributed by atoms with Crippen LogP contribution in [0.2, 0.25) is 5.02 Å². The lowest BCUT2D eigenvalue weighted by Crippen LogP contribution is -2.18. The van der Waals surface area contributed by atoms with E-state index in [0.717, 1.165) is 0 Å². The molecule has 0 aromatic heterocycles. The van der Waals surface area contributed by atoms with Gasteiger partial charge in [0, 0.05) is 10.7 Å². The monoisotopic (exact) mass is 227 g/mol. The highest BCUT2D eigenvalue weighted by Crippen LogP contribution is 2.31. The zero-order chi connectivity index (χ0) is 11.6. The molecule has 0 heterocycles. The van der Waals surface area contributed by atoms with Gasteiger partial charge in [0.15, 0.2) is 0 Å². The Hall–Kier alpha value is -1.22. The quantitative estimate of drug-likeness (QED) is 0.781. The van der Waals surface area contributed by atoms with Gasteiger partial charge in [0.2, 0.25) is 0 Å². The normalized spacial score (nSPS) is 12.8. The third-order valence-electron chi connectivity index (χ3n) is 2.32. The fourth-order valence-electron chi connectivity index (χ4n) is 1.59. The van der Waals surface area contributed by atoms with Gasteiger partial charge in [-0.25, -0.2) is 0 Å². The molecular formula is C11H14ClNO2. The molecule has 0 aliphatic rings. The van der Waals surface area contributed by atoms with Crippen LogP contribution in [0.25, 0.3) is 0 Å². The van der Waals surface area contributed by atoms with Crippen LogP contribution in [0.3, 0.4) is 0 Å². The molecule has 1 aromatic rings. The number of hydrogen-bond acceptors (Lipinski definition) is 2. The van der Waals surface area contributed by atoms with Crippen molar-refractivity contribution in [2.45, 2.75) is 19.8 Å². The van der Waals surface area contributed by atoms with Crippen LogP contribution in [-0.4, -0.2) is 11.1 Å². The van der Waals surface area contributed by atoms with Crippen LogP contribution in [0.1, 0.15) is 25.3 Å². The minimum Gasteiger partial charge on any atom is -0.481 e. The summed E-state index contributed by atoms with van der Waals surface area (Å²) in [5.74, 6) is -1.51. The number of aliphatic carboxylic acids is 1. The van der Waals surface area contributed by atoms with E-state index in [4.69, 9.17) is 22.4 Å². The average Bonchev–Trinajstić information content (AvgIpc) is 2.10. The molecule has 0 aliphatic heterocycles. The third kappa shape index (κ3) is 2.63. The first-order valence-corrected chi connectivity index (χ1v) is 5.09. The molecule has 4 heteroatoms. The van der Waals surface area contributed by atoms with Crippen LogP contribution in [-0.2, 0) is 4.79 Å². The summed E-state index contributed by atoms with van der Waals surface area (Å²) in [6, 6.07) is 4.91. The molecule has 0 saturated heterocycles. The Morgan fingerprint density at radius 2 is 2.07 bits per heavy atom. The fraction of sp³-hybridized carbons (Fsp3) is 0.364. The summed E-state index contributed by atoms with van der Waals surface area (Å²) in [7, 11) is 0. The molecule has 0 aliphatic carbocycles. The van der Waals surface area contributed by atoms with Crippen molar-refractivity contribution in [2.75, 3.05) is 5.73 Å². The lowest BCUT2D eigenvalue weighted by atomic mass is 9.87. The molecule has 3 nitrogen and oxygen atoms in total. The molecule has 0 amide bonds. The van der Waals surface area contributed by atoms with Gasteiger partial charge in [0.25, 0.3) is 0 Å². The minimum absolute atomic E-state index is 0.0248. The maximum absolute atomic E-state index is 11.1. The highest BCUT2D eigenvalue weighted by Gasteiger charge is 2.25. The second-order valence-corrected chi connectivity index (χ2v) is 4.27. The SMILES string of the molecule is CC(C)C(C(=O)O)c1cc(Cl)ccc1N. The van der Waals surface area contributed by atoms with Gasteiger partial charge < -0.3 is 10.8 Å². The summed E-state index contributed by atoms with van der Waals surface area (Å²) in [6.07, 6.45) is 0. The van der Waals surface area contributed by atoms with Crippen molar-refractivity contribution in [3.05, 3.63) is 28.8 Å². The first-order valence-electron chi connectivity index (χ1n) is 4.71. The molecule has 0 radical (unpaired) electrons. The van der Waals surface area contributed by atoms with E-state index in [2.05, 4.69) is 0 Å². The number of carboxylic acid groups (broad SMARTS) is 1. The molecule has 0 spiro atoms. The van der Waals surface area contributed by atoms with E-state index < -0.39 is 11.9 Å². The lowest BCUT2D eigenvalue weighted by molar-refractivity contribution is -0.139. The molecule has 1 rings (SSSR count). The summed E-state index contributed by atoms with van der Waals surface area (Å²) >= 11 is 5.82.